The van der Waals surface area contributed by atoms with Crippen LogP contribution in [0.1, 0.15) is 11.1 Å². The van der Waals surface area contributed by atoms with Crippen LogP contribution in [0.15, 0.2) is 54.6 Å². The first-order chi connectivity index (χ1) is 11.7. The van der Waals surface area contributed by atoms with E-state index in [2.05, 4.69) is 10.4 Å². The quantitative estimate of drug-likeness (QED) is 0.728. The predicted molar refractivity (Wildman–Crippen MR) is 93.2 cm³/mol. The lowest BCUT2D eigenvalue weighted by Gasteiger charge is -2.08. The lowest BCUT2D eigenvalue weighted by molar-refractivity contribution is 0.270. The maximum absolute atomic E-state index is 13.0. The average molecular weight is 325 g/mol. The molecule has 3 aromatic rings. The van der Waals surface area contributed by atoms with E-state index in [-0.39, 0.29) is 12.4 Å². The van der Waals surface area contributed by atoms with Crippen molar-refractivity contribution < 1.29 is 9.50 Å². The molecule has 0 amide bonds. The van der Waals surface area contributed by atoms with Crippen molar-refractivity contribution in [3.63, 3.8) is 0 Å². The third-order valence-electron chi connectivity index (χ3n) is 3.90. The van der Waals surface area contributed by atoms with Gasteiger partial charge >= 0.3 is 0 Å². The summed E-state index contributed by atoms with van der Waals surface area (Å²) in [5.74, 6) is 0.581. The number of nitrogens with zero attached hydrogens (tertiary/aromatic N) is 2. The zero-order valence-electron chi connectivity index (χ0n) is 13.5. The van der Waals surface area contributed by atoms with Crippen LogP contribution in [0.4, 0.5) is 10.2 Å². The number of aromatic nitrogens is 2. The molecular formula is C19H20FN3O. The van der Waals surface area contributed by atoms with E-state index in [1.165, 1.54) is 12.1 Å². The van der Waals surface area contributed by atoms with Crippen molar-refractivity contribution in [2.75, 3.05) is 11.9 Å². The van der Waals surface area contributed by atoms with Crippen molar-refractivity contribution in [3.8, 4) is 11.3 Å². The van der Waals surface area contributed by atoms with Crippen LogP contribution < -0.4 is 5.32 Å². The summed E-state index contributed by atoms with van der Waals surface area (Å²) in [7, 11) is 0. The Hall–Kier alpha value is -2.66. The maximum Gasteiger partial charge on any atom is 0.125 e. The molecule has 2 aromatic carbocycles. The van der Waals surface area contributed by atoms with Gasteiger partial charge in [0.1, 0.15) is 11.6 Å². The molecule has 5 heteroatoms. The van der Waals surface area contributed by atoms with Crippen LogP contribution in [0.3, 0.4) is 0 Å². The summed E-state index contributed by atoms with van der Waals surface area (Å²) < 4.78 is 14.7. The largest absolute Gasteiger partial charge is 0.394 e. The number of halogens is 1. The normalized spacial score (nSPS) is 10.8. The topological polar surface area (TPSA) is 50.1 Å². The number of rotatable bonds is 6. The number of aliphatic hydroxyl groups excluding tert-OH is 1. The van der Waals surface area contributed by atoms with E-state index in [1.807, 2.05) is 37.3 Å². The van der Waals surface area contributed by atoms with Crippen LogP contribution in [0.2, 0.25) is 0 Å². The fourth-order valence-corrected chi connectivity index (χ4v) is 2.61. The maximum atomic E-state index is 13.0. The van der Waals surface area contributed by atoms with E-state index in [0.717, 1.165) is 28.2 Å². The van der Waals surface area contributed by atoms with E-state index in [4.69, 9.17) is 0 Å². The Balaban J connectivity index is 1.83. The Labute approximate surface area is 140 Å². The Kier molecular flexibility index (Phi) is 4.91. The van der Waals surface area contributed by atoms with Gasteiger partial charge in [0.05, 0.1) is 18.8 Å². The van der Waals surface area contributed by atoms with Crippen molar-refractivity contribution in [2.24, 2.45) is 0 Å². The number of aryl methyl sites for hydroxylation is 1. The van der Waals surface area contributed by atoms with Gasteiger partial charge in [0.2, 0.25) is 0 Å². The Morgan fingerprint density at radius 1 is 1.12 bits per heavy atom. The highest BCUT2D eigenvalue weighted by Gasteiger charge is 2.11. The number of anilines is 1. The number of benzene rings is 2. The summed E-state index contributed by atoms with van der Waals surface area (Å²) in [6, 6.07) is 16.4. The summed E-state index contributed by atoms with van der Waals surface area (Å²) in [5.41, 5.74) is 4.06. The molecule has 0 aliphatic heterocycles. The highest BCUT2D eigenvalue weighted by molar-refractivity contribution is 5.66. The second kappa shape index (κ2) is 7.27. The van der Waals surface area contributed by atoms with Crippen molar-refractivity contribution in [3.05, 3.63) is 71.5 Å². The Morgan fingerprint density at radius 2 is 1.88 bits per heavy atom. The van der Waals surface area contributed by atoms with E-state index >= 15 is 0 Å². The van der Waals surface area contributed by atoms with Crippen LogP contribution in [0, 0.1) is 12.7 Å². The van der Waals surface area contributed by atoms with Gasteiger partial charge in [-0.1, -0.05) is 36.4 Å². The SMILES string of the molecule is Cc1ccccc1-c1cc(NCc2ccc(F)cc2)n(CCO)n1. The number of nitrogens with one attached hydrogen (secondary N) is 1. The molecule has 124 valence electrons. The second-order valence-corrected chi connectivity index (χ2v) is 5.66. The second-order valence-electron chi connectivity index (χ2n) is 5.66. The summed E-state index contributed by atoms with van der Waals surface area (Å²) in [6.07, 6.45) is 0. The minimum absolute atomic E-state index is 0.0140. The highest BCUT2D eigenvalue weighted by Crippen LogP contribution is 2.25. The monoisotopic (exact) mass is 325 g/mol. The van der Waals surface area contributed by atoms with Crippen molar-refractivity contribution in [1.29, 1.82) is 0 Å². The third kappa shape index (κ3) is 3.63. The third-order valence-corrected chi connectivity index (χ3v) is 3.90. The molecule has 0 saturated carbocycles. The van der Waals surface area contributed by atoms with E-state index < -0.39 is 0 Å². The zero-order chi connectivity index (χ0) is 16.9. The molecule has 0 unspecified atom stereocenters. The van der Waals surface area contributed by atoms with Gasteiger partial charge in [0.25, 0.3) is 0 Å². The van der Waals surface area contributed by atoms with Gasteiger partial charge in [-0.3, -0.25) is 0 Å². The molecule has 3 rings (SSSR count). The predicted octanol–water partition coefficient (Wildman–Crippen LogP) is 3.60. The Bertz CT molecular complexity index is 812. The number of hydrogen-bond donors (Lipinski definition) is 2. The summed E-state index contributed by atoms with van der Waals surface area (Å²) in [4.78, 5) is 0. The molecule has 0 radical (unpaired) electrons. The van der Waals surface area contributed by atoms with Crippen LogP contribution in [0.25, 0.3) is 11.3 Å². The lowest BCUT2D eigenvalue weighted by Crippen LogP contribution is -2.10. The van der Waals surface area contributed by atoms with Crippen LogP contribution in [-0.2, 0) is 13.1 Å². The fraction of sp³-hybridized carbons (Fsp3) is 0.211. The molecule has 4 nitrogen and oxygen atoms in total. The Morgan fingerprint density at radius 3 is 2.58 bits per heavy atom. The molecule has 0 spiro atoms. The highest BCUT2D eigenvalue weighted by atomic mass is 19.1. The van der Waals surface area contributed by atoms with Gasteiger partial charge in [-0.05, 0) is 30.2 Å². The van der Waals surface area contributed by atoms with Gasteiger partial charge in [-0.2, -0.15) is 5.10 Å². The van der Waals surface area contributed by atoms with Crippen LogP contribution >= 0.6 is 0 Å². The molecule has 0 fully saturated rings. The smallest absolute Gasteiger partial charge is 0.125 e. The summed E-state index contributed by atoms with van der Waals surface area (Å²) in [6.45, 7) is 3.04. The van der Waals surface area contributed by atoms with Gasteiger partial charge < -0.3 is 10.4 Å². The minimum atomic E-state index is -0.245. The van der Waals surface area contributed by atoms with E-state index in [9.17, 15) is 9.50 Å². The first-order valence-electron chi connectivity index (χ1n) is 7.90. The molecule has 2 N–H and O–H groups in total. The van der Waals surface area contributed by atoms with Crippen molar-refractivity contribution in [2.45, 2.75) is 20.0 Å². The summed E-state index contributed by atoms with van der Waals surface area (Å²) in [5, 5.41) is 17.2. The summed E-state index contributed by atoms with van der Waals surface area (Å²) >= 11 is 0. The molecule has 0 aliphatic carbocycles. The molecule has 0 atom stereocenters. The first-order valence-corrected chi connectivity index (χ1v) is 7.90. The lowest BCUT2D eigenvalue weighted by atomic mass is 10.1. The molecule has 0 bridgehead atoms. The van der Waals surface area contributed by atoms with Gasteiger partial charge in [-0.15, -0.1) is 0 Å². The average Bonchev–Trinajstić information content (AvgIpc) is 2.98. The molecular weight excluding hydrogens is 305 g/mol. The molecule has 1 heterocycles. The minimum Gasteiger partial charge on any atom is -0.394 e. The van der Waals surface area contributed by atoms with Crippen molar-refractivity contribution >= 4 is 5.82 Å². The van der Waals surface area contributed by atoms with Gasteiger partial charge in [0, 0.05) is 18.2 Å². The van der Waals surface area contributed by atoms with Crippen LogP contribution in [-0.4, -0.2) is 21.5 Å². The molecule has 0 aliphatic rings. The van der Waals surface area contributed by atoms with Crippen molar-refractivity contribution in [1.82, 2.24) is 9.78 Å². The number of aliphatic hydroxyl groups is 1. The van der Waals surface area contributed by atoms with E-state index in [0.29, 0.717) is 13.1 Å². The van der Waals surface area contributed by atoms with E-state index in [1.54, 1.807) is 16.8 Å². The standard InChI is InChI=1S/C19H20FN3O/c1-14-4-2-3-5-17(14)18-12-19(23(22-18)10-11-24)21-13-15-6-8-16(20)9-7-15/h2-9,12,21,24H,10-11,13H2,1H3. The molecule has 0 saturated heterocycles. The fourth-order valence-electron chi connectivity index (χ4n) is 2.61. The zero-order valence-corrected chi connectivity index (χ0v) is 13.5. The van der Waals surface area contributed by atoms with Gasteiger partial charge in [-0.25, -0.2) is 9.07 Å². The van der Waals surface area contributed by atoms with Gasteiger partial charge in [0.15, 0.2) is 0 Å². The molecule has 1 aromatic heterocycles. The molecule has 24 heavy (non-hydrogen) atoms. The first kappa shape index (κ1) is 16.2. The van der Waals surface area contributed by atoms with Crippen LogP contribution in [0.5, 0.6) is 0 Å². The number of hydrogen-bond acceptors (Lipinski definition) is 3.